The third-order valence-electron chi connectivity index (χ3n) is 5.10. The maximum atomic E-state index is 13.0. The molecule has 0 bridgehead atoms. The predicted octanol–water partition coefficient (Wildman–Crippen LogP) is 5.75. The number of carbonyl (C=O) groups is 3. The Hall–Kier alpha value is -4.03. The van der Waals surface area contributed by atoms with Gasteiger partial charge in [-0.1, -0.05) is 6.07 Å². The smallest absolute Gasteiger partial charge is 0.294 e. The first kappa shape index (κ1) is 26.0. The summed E-state index contributed by atoms with van der Waals surface area (Å²) in [6.45, 7) is -0.284. The number of anilines is 1. The summed E-state index contributed by atoms with van der Waals surface area (Å²) in [6, 6.07) is 16.2. The van der Waals surface area contributed by atoms with Gasteiger partial charge >= 0.3 is 0 Å². The highest BCUT2D eigenvalue weighted by Gasteiger charge is 2.36. The summed E-state index contributed by atoms with van der Waals surface area (Å²) in [4.78, 5) is 48.6. The van der Waals surface area contributed by atoms with Crippen LogP contribution >= 0.6 is 27.7 Å². The Balaban J connectivity index is 1.37. The van der Waals surface area contributed by atoms with Gasteiger partial charge in [-0.05, 0) is 93.4 Å². The minimum atomic E-state index is -0.598. The van der Waals surface area contributed by atoms with Crippen LogP contribution in [0.25, 0.3) is 6.08 Å². The molecule has 0 unspecified atom stereocenters. The van der Waals surface area contributed by atoms with E-state index < -0.39 is 34.3 Å². The molecule has 1 fully saturated rings. The molecule has 1 aliphatic rings. The van der Waals surface area contributed by atoms with E-state index in [9.17, 15) is 28.9 Å². The Morgan fingerprint density at radius 3 is 2.46 bits per heavy atom. The van der Waals surface area contributed by atoms with E-state index in [0.29, 0.717) is 21.5 Å². The van der Waals surface area contributed by atoms with Crippen LogP contribution in [0.15, 0.2) is 76.1 Å². The molecule has 1 aliphatic heterocycles. The maximum absolute atomic E-state index is 13.0. The lowest BCUT2D eigenvalue weighted by Gasteiger charge is -2.12. The Morgan fingerprint density at radius 1 is 1.11 bits per heavy atom. The van der Waals surface area contributed by atoms with Crippen LogP contribution in [-0.2, 0) is 16.2 Å². The van der Waals surface area contributed by atoms with Crippen LogP contribution in [0.4, 0.5) is 20.6 Å². The molecular formula is C25H17BrFN3O6S. The number of hydrogen-bond acceptors (Lipinski definition) is 7. The number of halogens is 2. The molecule has 0 saturated carbocycles. The van der Waals surface area contributed by atoms with Crippen molar-refractivity contribution in [3.05, 3.63) is 103 Å². The quantitative estimate of drug-likeness (QED) is 0.203. The highest BCUT2D eigenvalue weighted by Crippen LogP contribution is 2.34. The van der Waals surface area contributed by atoms with E-state index in [2.05, 4.69) is 21.2 Å². The van der Waals surface area contributed by atoms with Gasteiger partial charge in [0, 0.05) is 17.8 Å². The summed E-state index contributed by atoms with van der Waals surface area (Å²) < 4.78 is 19.4. The molecule has 3 aromatic rings. The fourth-order valence-corrected chi connectivity index (χ4v) is 4.61. The Morgan fingerprint density at radius 2 is 1.81 bits per heavy atom. The van der Waals surface area contributed by atoms with Gasteiger partial charge in [0.05, 0.1) is 14.3 Å². The van der Waals surface area contributed by atoms with Gasteiger partial charge in [0.2, 0.25) is 5.91 Å². The zero-order valence-electron chi connectivity index (χ0n) is 18.9. The van der Waals surface area contributed by atoms with E-state index >= 15 is 0 Å². The van der Waals surface area contributed by atoms with E-state index in [4.69, 9.17) is 4.74 Å². The first-order valence-corrected chi connectivity index (χ1v) is 12.3. The molecule has 1 N–H and O–H groups in total. The minimum absolute atomic E-state index is 0.00722. The van der Waals surface area contributed by atoms with Crippen LogP contribution in [-0.4, -0.2) is 33.4 Å². The largest absolute Gasteiger partial charge is 0.488 e. The molecule has 3 aromatic carbocycles. The van der Waals surface area contributed by atoms with Crippen molar-refractivity contribution in [2.24, 2.45) is 0 Å². The normalized spacial score (nSPS) is 14.2. The van der Waals surface area contributed by atoms with E-state index in [-0.39, 0.29) is 17.2 Å². The Labute approximate surface area is 222 Å². The van der Waals surface area contributed by atoms with Gasteiger partial charge in [-0.3, -0.25) is 29.4 Å². The van der Waals surface area contributed by atoms with Gasteiger partial charge in [-0.15, -0.1) is 0 Å². The molecule has 0 aliphatic carbocycles. The van der Waals surface area contributed by atoms with E-state index in [1.165, 1.54) is 42.5 Å². The van der Waals surface area contributed by atoms with Crippen LogP contribution in [0.5, 0.6) is 5.75 Å². The van der Waals surface area contributed by atoms with Crippen molar-refractivity contribution in [2.75, 3.05) is 11.9 Å². The van der Waals surface area contributed by atoms with Crippen molar-refractivity contribution in [3.8, 4) is 5.75 Å². The number of thioether (sulfide) groups is 1. The molecule has 4 rings (SSSR count). The van der Waals surface area contributed by atoms with Crippen LogP contribution < -0.4 is 10.1 Å². The molecule has 12 heteroatoms. The first-order chi connectivity index (χ1) is 17.7. The van der Waals surface area contributed by atoms with Crippen LogP contribution in [0.3, 0.4) is 0 Å². The van der Waals surface area contributed by atoms with E-state index in [1.54, 1.807) is 30.3 Å². The number of nitro groups is 1. The fourth-order valence-electron chi connectivity index (χ4n) is 3.26. The molecule has 9 nitrogen and oxygen atoms in total. The number of nitro benzene ring substituents is 1. The zero-order chi connectivity index (χ0) is 26.5. The highest BCUT2D eigenvalue weighted by atomic mass is 79.9. The molecule has 1 heterocycles. The third kappa shape index (κ3) is 6.60. The average molecular weight is 586 g/mol. The summed E-state index contributed by atoms with van der Waals surface area (Å²) in [5, 5.41) is 12.7. The minimum Gasteiger partial charge on any atom is -0.488 e. The van der Waals surface area contributed by atoms with E-state index in [1.807, 2.05) is 0 Å². The van der Waals surface area contributed by atoms with Crippen molar-refractivity contribution >= 4 is 62.2 Å². The van der Waals surface area contributed by atoms with Gasteiger partial charge in [0.15, 0.2) is 0 Å². The second kappa shape index (κ2) is 11.4. The maximum Gasteiger partial charge on any atom is 0.294 e. The number of non-ortho nitro benzene ring substituents is 1. The van der Waals surface area contributed by atoms with Crippen LogP contribution in [0.1, 0.15) is 11.1 Å². The lowest BCUT2D eigenvalue weighted by atomic mass is 10.2. The molecule has 0 spiro atoms. The van der Waals surface area contributed by atoms with Crippen molar-refractivity contribution in [1.82, 2.24) is 4.90 Å². The van der Waals surface area contributed by atoms with Crippen LogP contribution in [0.2, 0.25) is 0 Å². The number of carbonyl (C=O) groups excluding carboxylic acids is 3. The standard InChI is InChI=1S/C25H17BrFN3O6S/c26-20-11-16(3-10-21(20)36-14-15-1-8-19(9-2-15)30(34)35)12-22-24(32)29(25(33)37-22)13-23(31)28-18-6-4-17(27)5-7-18/h1-12H,13-14H2,(H,28,31)/b22-12-. The summed E-state index contributed by atoms with van der Waals surface area (Å²) >= 11 is 4.14. The number of ether oxygens (including phenoxy) is 1. The number of hydrogen-bond donors (Lipinski definition) is 1. The topological polar surface area (TPSA) is 119 Å². The van der Waals surface area contributed by atoms with Gasteiger partial charge in [0.1, 0.15) is 24.7 Å². The lowest BCUT2D eigenvalue weighted by molar-refractivity contribution is -0.384. The molecule has 1 saturated heterocycles. The number of rotatable bonds is 8. The summed E-state index contributed by atoms with van der Waals surface area (Å²) in [6.07, 6.45) is 1.54. The second-order valence-corrected chi connectivity index (χ2v) is 9.57. The van der Waals surface area contributed by atoms with Gasteiger partial charge in [0.25, 0.3) is 16.8 Å². The third-order valence-corrected chi connectivity index (χ3v) is 6.63. The van der Waals surface area contributed by atoms with Crippen molar-refractivity contribution in [3.63, 3.8) is 0 Å². The second-order valence-electron chi connectivity index (χ2n) is 7.73. The number of amides is 3. The van der Waals surface area contributed by atoms with Crippen molar-refractivity contribution < 1.29 is 28.4 Å². The Bertz CT molecular complexity index is 1410. The number of nitrogens with one attached hydrogen (secondary N) is 1. The Kier molecular flexibility index (Phi) is 7.99. The number of benzene rings is 3. The van der Waals surface area contributed by atoms with Crippen molar-refractivity contribution in [1.29, 1.82) is 0 Å². The van der Waals surface area contributed by atoms with Gasteiger partial charge < -0.3 is 10.1 Å². The molecular weight excluding hydrogens is 569 g/mol. The lowest BCUT2D eigenvalue weighted by Crippen LogP contribution is -2.36. The first-order valence-electron chi connectivity index (χ1n) is 10.7. The number of nitrogens with zero attached hydrogens (tertiary/aromatic N) is 2. The molecule has 0 atom stereocenters. The van der Waals surface area contributed by atoms with Gasteiger partial charge in [-0.25, -0.2) is 4.39 Å². The molecule has 0 aromatic heterocycles. The average Bonchev–Trinajstić information content (AvgIpc) is 3.12. The molecule has 3 amide bonds. The molecule has 0 radical (unpaired) electrons. The summed E-state index contributed by atoms with van der Waals surface area (Å²) in [5.74, 6) is -1.13. The number of imide groups is 1. The summed E-state index contributed by atoms with van der Waals surface area (Å²) in [5.41, 5.74) is 1.70. The summed E-state index contributed by atoms with van der Waals surface area (Å²) in [7, 11) is 0. The SMILES string of the molecule is O=C(CN1C(=O)S/C(=C\c2ccc(OCc3ccc([N+](=O)[O-])cc3)c(Br)c2)C1=O)Nc1ccc(F)cc1. The van der Waals surface area contributed by atoms with Crippen LogP contribution in [0, 0.1) is 15.9 Å². The van der Waals surface area contributed by atoms with Crippen molar-refractivity contribution in [2.45, 2.75) is 6.61 Å². The molecule has 37 heavy (non-hydrogen) atoms. The van der Waals surface area contributed by atoms with Gasteiger partial charge in [-0.2, -0.15) is 0 Å². The van der Waals surface area contributed by atoms with E-state index in [0.717, 1.165) is 22.2 Å². The fraction of sp³-hybridized carbons (Fsp3) is 0.0800. The monoisotopic (exact) mass is 585 g/mol. The zero-order valence-corrected chi connectivity index (χ0v) is 21.3. The predicted molar refractivity (Wildman–Crippen MR) is 139 cm³/mol. The molecule has 188 valence electrons. The highest BCUT2D eigenvalue weighted by molar-refractivity contribution is 9.10.